The molecule has 0 aromatic rings. The molecule has 0 aliphatic carbocycles. The summed E-state index contributed by atoms with van der Waals surface area (Å²) in [5.41, 5.74) is -0.680. The van der Waals surface area contributed by atoms with Crippen molar-refractivity contribution in [2.24, 2.45) is 0 Å². The minimum absolute atomic E-state index is 0.0955. The molecule has 1 aliphatic heterocycles. The second kappa shape index (κ2) is 9.05. The normalized spacial score (nSPS) is 17.8. The molecule has 1 saturated heterocycles. The molecule has 0 bridgehead atoms. The van der Waals surface area contributed by atoms with Gasteiger partial charge in [0.15, 0.2) is 0 Å². The number of esters is 2. The van der Waals surface area contributed by atoms with Crippen molar-refractivity contribution >= 4 is 23.9 Å². The zero-order chi connectivity index (χ0) is 19.0. The zero-order valence-corrected chi connectivity index (χ0v) is 14.9. The molecule has 1 N–H and O–H groups in total. The van der Waals surface area contributed by atoms with E-state index < -0.39 is 29.7 Å². The number of ether oxygens (including phenoxy) is 3. The van der Waals surface area contributed by atoms with Gasteiger partial charge in [0.25, 0.3) is 0 Å². The average Bonchev–Trinajstić information content (AvgIpc) is 2.52. The fourth-order valence-electron chi connectivity index (χ4n) is 2.06. The summed E-state index contributed by atoms with van der Waals surface area (Å²) < 4.78 is 14.6. The minimum Gasteiger partial charge on any atom is -0.466 e. The Morgan fingerprint density at radius 3 is 2.48 bits per heavy atom. The molecule has 1 heterocycles. The summed E-state index contributed by atoms with van der Waals surface area (Å²) in [6.07, 6.45) is 1.38. The lowest BCUT2D eigenvalue weighted by Crippen LogP contribution is -2.58. The third kappa shape index (κ3) is 7.23. The van der Waals surface area contributed by atoms with E-state index in [1.807, 2.05) is 0 Å². The number of piperazine rings is 1. The number of rotatable bonds is 5. The second-order valence-electron chi connectivity index (χ2n) is 6.29. The number of carbonyl (C=O) groups is 4. The molecule has 1 unspecified atom stereocenters. The number of nitrogens with zero attached hydrogens (tertiary/aromatic N) is 1. The lowest BCUT2D eigenvalue weighted by molar-refractivity contribution is -0.140. The molecular weight excluding hydrogens is 332 g/mol. The molecule has 25 heavy (non-hydrogen) atoms. The maximum Gasteiger partial charge on any atom is 0.411 e. The number of hydrogen-bond donors (Lipinski definition) is 1. The van der Waals surface area contributed by atoms with Gasteiger partial charge in [-0.15, -0.1) is 0 Å². The van der Waals surface area contributed by atoms with Crippen molar-refractivity contribution in [2.75, 3.05) is 26.8 Å². The number of hydrogen-bond acceptors (Lipinski definition) is 7. The molecular formula is C16H24N2O7. The highest BCUT2D eigenvalue weighted by Gasteiger charge is 2.35. The van der Waals surface area contributed by atoms with E-state index in [1.54, 1.807) is 20.8 Å². The molecule has 1 fully saturated rings. The van der Waals surface area contributed by atoms with Gasteiger partial charge in [0.2, 0.25) is 5.91 Å². The van der Waals surface area contributed by atoms with Gasteiger partial charge in [-0.2, -0.15) is 0 Å². The van der Waals surface area contributed by atoms with Crippen molar-refractivity contribution in [3.8, 4) is 0 Å². The van der Waals surface area contributed by atoms with Crippen LogP contribution in [-0.4, -0.2) is 67.3 Å². The van der Waals surface area contributed by atoms with E-state index >= 15 is 0 Å². The van der Waals surface area contributed by atoms with Crippen LogP contribution in [0.4, 0.5) is 4.79 Å². The number of methoxy groups -OCH3 is 1. The van der Waals surface area contributed by atoms with Crippen LogP contribution in [0.5, 0.6) is 0 Å². The third-order valence-corrected chi connectivity index (χ3v) is 3.15. The van der Waals surface area contributed by atoms with Gasteiger partial charge in [0.1, 0.15) is 11.6 Å². The molecule has 140 valence electrons. The molecule has 0 spiro atoms. The van der Waals surface area contributed by atoms with E-state index in [4.69, 9.17) is 9.47 Å². The van der Waals surface area contributed by atoms with E-state index in [1.165, 1.54) is 12.0 Å². The topological polar surface area (TPSA) is 111 Å². The Kier molecular flexibility index (Phi) is 7.41. The van der Waals surface area contributed by atoms with Crippen molar-refractivity contribution < 1.29 is 33.4 Å². The average molecular weight is 356 g/mol. The van der Waals surface area contributed by atoms with Crippen LogP contribution >= 0.6 is 0 Å². The molecule has 2 amide bonds. The van der Waals surface area contributed by atoms with E-state index in [2.05, 4.69) is 10.1 Å². The van der Waals surface area contributed by atoms with Crippen LogP contribution in [0.3, 0.4) is 0 Å². The van der Waals surface area contributed by atoms with Gasteiger partial charge in [-0.05, 0) is 20.8 Å². The standard InChI is InChI=1S/C16H24N2O7/c1-16(2,3)25-15(22)18-9-8-17-14(21)11(18)7-10-24-13(20)6-5-12(19)23-4/h5-6,11H,7-10H2,1-4H3,(H,17,21)/b6-5+. The van der Waals surface area contributed by atoms with Crippen molar-refractivity contribution in [3.63, 3.8) is 0 Å². The molecule has 1 rings (SSSR count). The van der Waals surface area contributed by atoms with Crippen LogP contribution in [0.2, 0.25) is 0 Å². The summed E-state index contributed by atoms with van der Waals surface area (Å²) in [5.74, 6) is -1.76. The Morgan fingerprint density at radius 2 is 1.88 bits per heavy atom. The Bertz CT molecular complexity index is 551. The van der Waals surface area contributed by atoms with E-state index in [0.29, 0.717) is 13.1 Å². The summed E-state index contributed by atoms with van der Waals surface area (Å²) in [4.78, 5) is 47.9. The summed E-state index contributed by atoms with van der Waals surface area (Å²) >= 11 is 0. The molecule has 0 aromatic heterocycles. The predicted octanol–water partition coefficient (Wildman–Crippen LogP) is 0.384. The number of nitrogens with one attached hydrogen (secondary N) is 1. The van der Waals surface area contributed by atoms with Gasteiger partial charge in [0, 0.05) is 31.7 Å². The lowest BCUT2D eigenvalue weighted by Gasteiger charge is -2.35. The first-order valence-corrected chi connectivity index (χ1v) is 7.84. The summed E-state index contributed by atoms with van der Waals surface area (Å²) in [6.45, 7) is 5.75. The summed E-state index contributed by atoms with van der Waals surface area (Å²) in [5, 5.41) is 2.66. The van der Waals surface area contributed by atoms with Gasteiger partial charge < -0.3 is 19.5 Å². The summed E-state index contributed by atoms with van der Waals surface area (Å²) in [7, 11) is 1.19. The van der Waals surface area contributed by atoms with Crippen LogP contribution in [0.15, 0.2) is 12.2 Å². The molecule has 9 nitrogen and oxygen atoms in total. The Morgan fingerprint density at radius 1 is 1.24 bits per heavy atom. The van der Waals surface area contributed by atoms with Gasteiger partial charge in [-0.25, -0.2) is 14.4 Å². The largest absolute Gasteiger partial charge is 0.466 e. The van der Waals surface area contributed by atoms with Gasteiger partial charge >= 0.3 is 18.0 Å². The third-order valence-electron chi connectivity index (χ3n) is 3.15. The fraction of sp³-hybridized carbons (Fsp3) is 0.625. The fourth-order valence-corrected chi connectivity index (χ4v) is 2.06. The van der Waals surface area contributed by atoms with Gasteiger partial charge in [-0.1, -0.05) is 0 Å². The van der Waals surface area contributed by atoms with Crippen molar-refractivity contribution in [1.82, 2.24) is 10.2 Å². The molecule has 9 heteroatoms. The van der Waals surface area contributed by atoms with Crippen LogP contribution in [0.1, 0.15) is 27.2 Å². The number of carbonyl (C=O) groups excluding carboxylic acids is 4. The second-order valence-corrected chi connectivity index (χ2v) is 6.29. The van der Waals surface area contributed by atoms with Gasteiger partial charge in [0.05, 0.1) is 13.7 Å². The Balaban J connectivity index is 2.58. The van der Waals surface area contributed by atoms with E-state index in [0.717, 1.165) is 12.2 Å². The highest BCUT2D eigenvalue weighted by Crippen LogP contribution is 2.15. The predicted molar refractivity (Wildman–Crippen MR) is 86.5 cm³/mol. The van der Waals surface area contributed by atoms with Crippen molar-refractivity contribution in [3.05, 3.63) is 12.2 Å². The minimum atomic E-state index is -0.791. The first kappa shape index (κ1) is 20.5. The van der Waals surface area contributed by atoms with Crippen LogP contribution in [0.25, 0.3) is 0 Å². The molecule has 1 aliphatic rings. The van der Waals surface area contributed by atoms with Crippen molar-refractivity contribution in [2.45, 2.75) is 38.8 Å². The van der Waals surface area contributed by atoms with Crippen molar-refractivity contribution in [1.29, 1.82) is 0 Å². The monoisotopic (exact) mass is 356 g/mol. The molecule has 0 saturated carbocycles. The highest BCUT2D eigenvalue weighted by atomic mass is 16.6. The first-order valence-electron chi connectivity index (χ1n) is 7.84. The first-order chi connectivity index (χ1) is 11.6. The van der Waals surface area contributed by atoms with Gasteiger partial charge in [-0.3, -0.25) is 9.69 Å². The van der Waals surface area contributed by atoms with Crippen LogP contribution in [0, 0.1) is 0 Å². The maximum absolute atomic E-state index is 12.2. The Labute approximate surface area is 146 Å². The summed E-state index contributed by atoms with van der Waals surface area (Å²) in [6, 6.07) is -0.791. The smallest absolute Gasteiger partial charge is 0.411 e. The lowest BCUT2D eigenvalue weighted by atomic mass is 10.1. The molecule has 0 radical (unpaired) electrons. The quantitative estimate of drug-likeness (QED) is 0.431. The number of amides is 2. The van der Waals surface area contributed by atoms with E-state index in [-0.39, 0.29) is 18.9 Å². The molecule has 0 aromatic carbocycles. The van der Waals surface area contributed by atoms with E-state index in [9.17, 15) is 19.2 Å². The molecule has 1 atom stereocenters. The SMILES string of the molecule is COC(=O)/C=C/C(=O)OCCC1C(=O)NCCN1C(=O)OC(C)(C)C. The maximum atomic E-state index is 12.2. The zero-order valence-electron chi connectivity index (χ0n) is 14.9. The Hall–Kier alpha value is -2.58. The highest BCUT2D eigenvalue weighted by molar-refractivity contribution is 5.91. The van der Waals surface area contributed by atoms with Crippen LogP contribution < -0.4 is 5.32 Å². The van der Waals surface area contributed by atoms with Crippen LogP contribution in [-0.2, 0) is 28.6 Å².